The van der Waals surface area contributed by atoms with E-state index in [2.05, 4.69) is 45.9 Å². The van der Waals surface area contributed by atoms with Crippen molar-refractivity contribution in [1.29, 1.82) is 0 Å². The maximum atomic E-state index is 11.7. The van der Waals surface area contributed by atoms with E-state index >= 15 is 0 Å². The van der Waals surface area contributed by atoms with Crippen LogP contribution >= 0.6 is 0 Å². The van der Waals surface area contributed by atoms with Crippen LogP contribution in [-0.2, 0) is 11.3 Å². The fourth-order valence-corrected chi connectivity index (χ4v) is 4.56. The second kappa shape index (κ2) is 8.01. The molecule has 0 unspecified atom stereocenters. The number of ether oxygens (including phenoxy) is 1. The topological polar surface area (TPSA) is 56.8 Å². The van der Waals surface area contributed by atoms with Gasteiger partial charge in [-0.15, -0.1) is 0 Å². The fraction of sp³-hybridized carbons (Fsp3) is 0.682. The number of fused-ring (bicyclic) bond motifs is 2. The third-order valence-corrected chi connectivity index (χ3v) is 6.17. The SMILES string of the molecule is CC(C)(C)OC(=O)N1C[C@H]2CNC[C@H]21.c1ccc(CN2C[C@@H]3CN[C@@H]3C2)cc1. The number of nitrogens with zero attached hydrogens (tertiary/aromatic N) is 2. The summed E-state index contributed by atoms with van der Waals surface area (Å²) in [4.78, 5) is 16.0. The highest BCUT2D eigenvalue weighted by molar-refractivity contribution is 5.70. The Bertz CT molecular complexity index is 663. The van der Waals surface area contributed by atoms with Gasteiger partial charge in [0, 0.05) is 63.7 Å². The first kappa shape index (κ1) is 19.7. The predicted octanol–water partition coefficient (Wildman–Crippen LogP) is 1.92. The average molecular weight is 387 g/mol. The van der Waals surface area contributed by atoms with Crippen molar-refractivity contribution in [3.63, 3.8) is 0 Å². The summed E-state index contributed by atoms with van der Waals surface area (Å²) in [7, 11) is 0. The van der Waals surface area contributed by atoms with Crippen molar-refractivity contribution < 1.29 is 9.53 Å². The molecule has 154 valence electrons. The lowest BCUT2D eigenvalue weighted by Crippen LogP contribution is -2.59. The standard InChI is InChI=1S/C12H16N2.C10H18N2O2/c1-2-4-10(5-3-1)7-14-8-11-6-13-12(11)9-14;1-10(2,3)14-9(13)12-6-7-4-11-5-8(7)12/h1-5,11-13H,6-9H2;7-8,11H,4-6H2,1-3H3/t11-,12+;7-,8-/m01/s1. The Morgan fingerprint density at radius 2 is 1.86 bits per heavy atom. The molecule has 0 spiro atoms. The molecule has 6 heteroatoms. The normalized spacial score (nSPS) is 31.0. The van der Waals surface area contributed by atoms with Crippen LogP contribution in [0.5, 0.6) is 0 Å². The molecule has 28 heavy (non-hydrogen) atoms. The number of carbonyl (C=O) groups is 1. The molecule has 4 heterocycles. The molecule has 1 aromatic rings. The van der Waals surface area contributed by atoms with Gasteiger partial charge in [0.25, 0.3) is 0 Å². The third kappa shape index (κ3) is 4.50. The summed E-state index contributed by atoms with van der Waals surface area (Å²) in [6, 6.07) is 11.9. The Hall–Kier alpha value is -1.63. The van der Waals surface area contributed by atoms with Gasteiger partial charge < -0.3 is 20.3 Å². The Kier molecular flexibility index (Phi) is 5.63. The van der Waals surface area contributed by atoms with E-state index in [1.54, 1.807) is 0 Å². The van der Waals surface area contributed by atoms with Gasteiger partial charge in [0.2, 0.25) is 0 Å². The van der Waals surface area contributed by atoms with Crippen LogP contribution < -0.4 is 10.6 Å². The van der Waals surface area contributed by atoms with Crippen molar-refractivity contribution in [1.82, 2.24) is 20.4 Å². The van der Waals surface area contributed by atoms with E-state index in [1.807, 2.05) is 25.7 Å². The molecule has 1 amide bonds. The molecule has 1 aromatic carbocycles. The van der Waals surface area contributed by atoms with Crippen LogP contribution in [0.4, 0.5) is 4.79 Å². The van der Waals surface area contributed by atoms with Crippen molar-refractivity contribution >= 4 is 6.09 Å². The van der Waals surface area contributed by atoms with Crippen LogP contribution in [0.25, 0.3) is 0 Å². The zero-order valence-electron chi connectivity index (χ0n) is 17.4. The van der Waals surface area contributed by atoms with Gasteiger partial charge in [-0.1, -0.05) is 30.3 Å². The number of benzene rings is 1. The van der Waals surface area contributed by atoms with Crippen molar-refractivity contribution in [2.75, 3.05) is 39.3 Å². The minimum atomic E-state index is -0.381. The van der Waals surface area contributed by atoms with Gasteiger partial charge in [-0.05, 0) is 26.3 Å². The zero-order valence-corrected chi connectivity index (χ0v) is 17.4. The van der Waals surface area contributed by atoms with Crippen LogP contribution in [-0.4, -0.2) is 72.8 Å². The minimum absolute atomic E-state index is 0.164. The number of amides is 1. The van der Waals surface area contributed by atoms with Crippen molar-refractivity contribution in [3.05, 3.63) is 35.9 Å². The summed E-state index contributed by atoms with van der Waals surface area (Å²) in [5.74, 6) is 1.58. The van der Waals surface area contributed by atoms with Gasteiger partial charge in [-0.25, -0.2) is 4.79 Å². The molecule has 0 aliphatic carbocycles. The van der Waals surface area contributed by atoms with Crippen molar-refractivity contribution in [3.8, 4) is 0 Å². The van der Waals surface area contributed by atoms with Crippen LogP contribution in [0.3, 0.4) is 0 Å². The average Bonchev–Trinajstić information content (AvgIpc) is 3.09. The second-order valence-electron chi connectivity index (χ2n) is 9.57. The Labute approximate surface area is 168 Å². The van der Waals surface area contributed by atoms with Gasteiger partial charge in [0.1, 0.15) is 5.60 Å². The number of hydrogen-bond donors (Lipinski definition) is 2. The van der Waals surface area contributed by atoms with Gasteiger partial charge >= 0.3 is 6.09 Å². The van der Waals surface area contributed by atoms with E-state index in [0.717, 1.165) is 38.1 Å². The van der Waals surface area contributed by atoms with E-state index < -0.39 is 0 Å². The first-order chi connectivity index (χ1) is 13.4. The maximum absolute atomic E-state index is 11.7. The van der Waals surface area contributed by atoms with Gasteiger partial charge in [-0.3, -0.25) is 4.90 Å². The van der Waals surface area contributed by atoms with Crippen molar-refractivity contribution in [2.45, 2.75) is 45.0 Å². The van der Waals surface area contributed by atoms with E-state index in [4.69, 9.17) is 4.74 Å². The number of nitrogens with one attached hydrogen (secondary N) is 2. The summed E-state index contributed by atoms with van der Waals surface area (Å²) < 4.78 is 5.31. The molecule has 4 fully saturated rings. The lowest BCUT2D eigenvalue weighted by molar-refractivity contribution is -0.0163. The predicted molar refractivity (Wildman–Crippen MR) is 110 cm³/mol. The highest BCUT2D eigenvalue weighted by Crippen LogP contribution is 2.29. The molecular weight excluding hydrogens is 352 g/mol. The summed E-state index contributed by atoms with van der Waals surface area (Å²) in [6.45, 7) is 13.4. The second-order valence-corrected chi connectivity index (χ2v) is 9.57. The molecule has 6 nitrogen and oxygen atoms in total. The number of likely N-dealkylation sites (tertiary alicyclic amines) is 2. The van der Waals surface area contributed by atoms with Gasteiger partial charge in [0.05, 0.1) is 6.04 Å². The van der Waals surface area contributed by atoms with E-state index in [-0.39, 0.29) is 11.7 Å². The fourth-order valence-electron chi connectivity index (χ4n) is 4.56. The van der Waals surface area contributed by atoms with E-state index in [0.29, 0.717) is 12.0 Å². The van der Waals surface area contributed by atoms with Crippen LogP contribution in [0.15, 0.2) is 30.3 Å². The summed E-state index contributed by atoms with van der Waals surface area (Å²) in [5.41, 5.74) is 1.06. The largest absolute Gasteiger partial charge is 0.444 e. The summed E-state index contributed by atoms with van der Waals surface area (Å²) in [5, 5.41) is 6.76. The lowest BCUT2D eigenvalue weighted by atomic mass is 9.93. The molecule has 0 saturated carbocycles. The Morgan fingerprint density at radius 3 is 2.43 bits per heavy atom. The van der Waals surface area contributed by atoms with Gasteiger partial charge in [0.15, 0.2) is 0 Å². The molecule has 5 rings (SSSR count). The molecule has 2 N–H and O–H groups in total. The minimum Gasteiger partial charge on any atom is -0.444 e. The molecule has 0 bridgehead atoms. The first-order valence-electron chi connectivity index (χ1n) is 10.6. The smallest absolute Gasteiger partial charge is 0.410 e. The highest BCUT2D eigenvalue weighted by atomic mass is 16.6. The third-order valence-electron chi connectivity index (χ3n) is 6.17. The number of rotatable bonds is 2. The molecular formula is C22H34N4O2. The van der Waals surface area contributed by atoms with E-state index in [1.165, 1.54) is 25.2 Å². The lowest BCUT2D eigenvalue weighted by Gasteiger charge is -2.43. The molecule has 4 aliphatic rings. The number of hydrogen-bond acceptors (Lipinski definition) is 5. The maximum Gasteiger partial charge on any atom is 0.410 e. The molecule has 0 aromatic heterocycles. The van der Waals surface area contributed by atoms with Crippen LogP contribution in [0, 0.1) is 11.8 Å². The molecule has 4 saturated heterocycles. The molecule has 4 atom stereocenters. The highest BCUT2D eigenvalue weighted by Gasteiger charge is 2.46. The van der Waals surface area contributed by atoms with Gasteiger partial charge in [-0.2, -0.15) is 0 Å². The van der Waals surface area contributed by atoms with Crippen LogP contribution in [0.1, 0.15) is 26.3 Å². The Balaban J connectivity index is 0.000000137. The van der Waals surface area contributed by atoms with E-state index in [9.17, 15) is 4.79 Å². The first-order valence-corrected chi connectivity index (χ1v) is 10.6. The molecule has 0 radical (unpaired) electrons. The number of carbonyl (C=O) groups excluding carboxylic acids is 1. The zero-order chi connectivity index (χ0) is 19.7. The monoisotopic (exact) mass is 386 g/mol. The summed E-state index contributed by atoms with van der Waals surface area (Å²) in [6.07, 6.45) is -0.164. The Morgan fingerprint density at radius 1 is 1.07 bits per heavy atom. The van der Waals surface area contributed by atoms with Crippen molar-refractivity contribution in [2.24, 2.45) is 11.8 Å². The molecule has 4 aliphatic heterocycles. The quantitative estimate of drug-likeness (QED) is 0.813. The summed E-state index contributed by atoms with van der Waals surface area (Å²) >= 11 is 0. The van der Waals surface area contributed by atoms with Crippen LogP contribution in [0.2, 0.25) is 0 Å².